The van der Waals surface area contributed by atoms with E-state index in [2.05, 4.69) is 4.72 Å². The second kappa shape index (κ2) is 8.22. The van der Waals surface area contributed by atoms with Gasteiger partial charge in [0.1, 0.15) is 5.75 Å². The van der Waals surface area contributed by atoms with Crippen LogP contribution >= 0.6 is 0 Å². The minimum Gasteiger partial charge on any atom is -0.494 e. The number of carbonyl (C=O) groups excluding carboxylic acids is 1. The third kappa shape index (κ3) is 4.30. The number of piperidine rings is 1. The van der Waals surface area contributed by atoms with E-state index in [1.807, 2.05) is 20.8 Å². The Bertz CT molecular complexity index is 986. The molecule has 0 aromatic heterocycles. The summed E-state index contributed by atoms with van der Waals surface area (Å²) in [6.45, 7) is 6.82. The van der Waals surface area contributed by atoms with Crippen LogP contribution in [0.4, 0.5) is 11.4 Å². The molecule has 0 unspecified atom stereocenters. The lowest BCUT2D eigenvalue weighted by Gasteiger charge is -2.28. The first-order chi connectivity index (χ1) is 13.3. The average molecular weight is 403 g/mol. The van der Waals surface area contributed by atoms with Crippen LogP contribution in [0, 0.1) is 13.8 Å². The molecule has 3 rings (SSSR count). The van der Waals surface area contributed by atoms with Crippen molar-refractivity contribution >= 4 is 27.3 Å². The van der Waals surface area contributed by atoms with E-state index in [-0.39, 0.29) is 10.8 Å². The fourth-order valence-corrected chi connectivity index (χ4v) is 4.54. The highest BCUT2D eigenvalue weighted by molar-refractivity contribution is 7.92. The topological polar surface area (TPSA) is 75.7 Å². The van der Waals surface area contributed by atoms with Crippen LogP contribution in [0.2, 0.25) is 0 Å². The molecule has 0 radical (unpaired) electrons. The second-order valence-corrected chi connectivity index (χ2v) is 8.65. The molecule has 6 nitrogen and oxygen atoms in total. The summed E-state index contributed by atoms with van der Waals surface area (Å²) in [6, 6.07) is 10.1. The maximum Gasteiger partial charge on any atom is 0.261 e. The quantitative estimate of drug-likeness (QED) is 0.792. The number of sulfonamides is 1. The number of amides is 1. The molecule has 1 aliphatic rings. The van der Waals surface area contributed by atoms with Crippen molar-refractivity contribution in [1.82, 2.24) is 0 Å². The molecule has 0 spiro atoms. The van der Waals surface area contributed by atoms with Gasteiger partial charge >= 0.3 is 0 Å². The van der Waals surface area contributed by atoms with Gasteiger partial charge in [-0.1, -0.05) is 0 Å². The third-order valence-corrected chi connectivity index (χ3v) is 6.20. The maximum absolute atomic E-state index is 12.8. The SMILES string of the molecule is CCOc1ccc(S(=O)(=O)Nc2ccc(N3CCCCC3=O)c(C)c2)cc1C. The van der Waals surface area contributed by atoms with Gasteiger partial charge < -0.3 is 9.64 Å². The Morgan fingerprint density at radius 1 is 1.07 bits per heavy atom. The van der Waals surface area contributed by atoms with Crippen LogP contribution in [0.1, 0.15) is 37.3 Å². The summed E-state index contributed by atoms with van der Waals surface area (Å²) in [5, 5.41) is 0. The molecule has 2 aromatic carbocycles. The molecule has 1 fully saturated rings. The third-order valence-electron chi connectivity index (χ3n) is 4.82. The van der Waals surface area contributed by atoms with Gasteiger partial charge in [-0.2, -0.15) is 0 Å². The zero-order chi connectivity index (χ0) is 20.3. The molecule has 0 bridgehead atoms. The molecule has 7 heteroatoms. The van der Waals surface area contributed by atoms with E-state index in [1.54, 1.807) is 35.2 Å². The van der Waals surface area contributed by atoms with Gasteiger partial charge in [0, 0.05) is 24.3 Å². The summed E-state index contributed by atoms with van der Waals surface area (Å²) in [5.41, 5.74) is 2.93. The molecular formula is C21H26N2O4S. The van der Waals surface area contributed by atoms with E-state index in [0.29, 0.717) is 31.0 Å². The number of rotatable bonds is 6. The minimum atomic E-state index is -3.72. The van der Waals surface area contributed by atoms with Gasteiger partial charge in [0.15, 0.2) is 0 Å². The molecule has 1 amide bonds. The Hall–Kier alpha value is -2.54. The lowest BCUT2D eigenvalue weighted by atomic mass is 10.1. The number of anilines is 2. The summed E-state index contributed by atoms with van der Waals surface area (Å²) in [4.78, 5) is 14.1. The second-order valence-electron chi connectivity index (χ2n) is 6.97. The Morgan fingerprint density at radius 3 is 2.50 bits per heavy atom. The number of nitrogens with one attached hydrogen (secondary N) is 1. The molecule has 2 aromatic rings. The molecular weight excluding hydrogens is 376 g/mol. The predicted molar refractivity (Wildman–Crippen MR) is 111 cm³/mol. The van der Waals surface area contributed by atoms with Crippen molar-refractivity contribution in [2.75, 3.05) is 22.8 Å². The predicted octanol–water partition coefficient (Wildman–Crippen LogP) is 4.02. The largest absolute Gasteiger partial charge is 0.494 e. The van der Waals surface area contributed by atoms with Crippen LogP contribution in [0.25, 0.3) is 0 Å². The Balaban J connectivity index is 1.82. The molecule has 0 saturated carbocycles. The van der Waals surface area contributed by atoms with Gasteiger partial charge in [0.25, 0.3) is 10.0 Å². The molecule has 150 valence electrons. The van der Waals surface area contributed by atoms with Gasteiger partial charge in [-0.3, -0.25) is 9.52 Å². The fraction of sp³-hybridized carbons (Fsp3) is 0.381. The Labute approximate surface area is 166 Å². The zero-order valence-electron chi connectivity index (χ0n) is 16.5. The van der Waals surface area contributed by atoms with Gasteiger partial charge in [-0.25, -0.2) is 8.42 Å². The number of benzene rings is 2. The summed E-state index contributed by atoms with van der Waals surface area (Å²) >= 11 is 0. The van der Waals surface area contributed by atoms with Crippen LogP contribution in [-0.4, -0.2) is 27.5 Å². The highest BCUT2D eigenvalue weighted by atomic mass is 32.2. The number of nitrogens with zero attached hydrogens (tertiary/aromatic N) is 1. The molecule has 1 heterocycles. The normalized spacial score (nSPS) is 14.8. The number of ether oxygens (including phenoxy) is 1. The van der Waals surface area contributed by atoms with Crippen molar-refractivity contribution in [3.05, 3.63) is 47.5 Å². The number of aryl methyl sites for hydroxylation is 2. The van der Waals surface area contributed by atoms with Crippen LogP contribution < -0.4 is 14.4 Å². The number of hydrogen-bond donors (Lipinski definition) is 1. The van der Waals surface area contributed by atoms with Gasteiger partial charge in [-0.05, 0) is 81.1 Å². The van der Waals surface area contributed by atoms with Crippen molar-refractivity contribution in [2.24, 2.45) is 0 Å². The first-order valence-electron chi connectivity index (χ1n) is 9.49. The van der Waals surface area contributed by atoms with Crippen LogP contribution in [0.15, 0.2) is 41.3 Å². The van der Waals surface area contributed by atoms with E-state index in [9.17, 15) is 13.2 Å². The van der Waals surface area contributed by atoms with Gasteiger partial charge in [-0.15, -0.1) is 0 Å². The van der Waals surface area contributed by atoms with Crippen molar-refractivity contribution in [2.45, 2.75) is 44.9 Å². The smallest absolute Gasteiger partial charge is 0.261 e. The van der Waals surface area contributed by atoms with Crippen molar-refractivity contribution in [3.8, 4) is 5.75 Å². The lowest BCUT2D eigenvalue weighted by molar-refractivity contribution is -0.119. The molecule has 1 aliphatic heterocycles. The van der Waals surface area contributed by atoms with Crippen molar-refractivity contribution in [1.29, 1.82) is 0 Å². The first kappa shape index (κ1) is 20.2. The molecule has 0 atom stereocenters. The van der Waals surface area contributed by atoms with Crippen LogP contribution in [0.3, 0.4) is 0 Å². The minimum absolute atomic E-state index is 0.118. The summed E-state index contributed by atoms with van der Waals surface area (Å²) < 4.78 is 33.6. The molecule has 0 aliphatic carbocycles. The highest BCUT2D eigenvalue weighted by Gasteiger charge is 2.22. The first-order valence-corrected chi connectivity index (χ1v) is 11.0. The molecule has 1 N–H and O–H groups in total. The zero-order valence-corrected chi connectivity index (χ0v) is 17.3. The lowest BCUT2D eigenvalue weighted by Crippen LogP contribution is -2.35. The average Bonchev–Trinajstić information content (AvgIpc) is 2.64. The molecule has 28 heavy (non-hydrogen) atoms. The van der Waals surface area contributed by atoms with E-state index in [1.165, 1.54) is 6.07 Å². The van der Waals surface area contributed by atoms with E-state index in [0.717, 1.165) is 29.7 Å². The fourth-order valence-electron chi connectivity index (χ4n) is 3.40. The number of hydrogen-bond acceptors (Lipinski definition) is 4. The summed E-state index contributed by atoms with van der Waals surface area (Å²) in [5.74, 6) is 0.792. The molecule has 1 saturated heterocycles. The Morgan fingerprint density at radius 2 is 1.86 bits per heavy atom. The number of carbonyl (C=O) groups is 1. The monoisotopic (exact) mass is 402 g/mol. The van der Waals surface area contributed by atoms with E-state index < -0.39 is 10.0 Å². The van der Waals surface area contributed by atoms with Gasteiger partial charge in [0.05, 0.1) is 11.5 Å². The standard InChI is InChI=1S/C21H26N2O4S/c1-4-27-20-11-9-18(14-16(20)3)28(25,26)22-17-8-10-19(15(2)13-17)23-12-6-5-7-21(23)24/h8-11,13-14,22H,4-7,12H2,1-3H3. The van der Waals surface area contributed by atoms with Crippen molar-refractivity contribution in [3.63, 3.8) is 0 Å². The van der Waals surface area contributed by atoms with E-state index in [4.69, 9.17) is 4.74 Å². The highest BCUT2D eigenvalue weighted by Crippen LogP contribution is 2.29. The Kier molecular flexibility index (Phi) is 5.93. The van der Waals surface area contributed by atoms with Crippen LogP contribution in [0.5, 0.6) is 5.75 Å². The van der Waals surface area contributed by atoms with E-state index >= 15 is 0 Å². The maximum atomic E-state index is 12.8. The summed E-state index contributed by atoms with van der Waals surface area (Å²) in [7, 11) is -3.72. The van der Waals surface area contributed by atoms with Gasteiger partial charge in [0.2, 0.25) is 5.91 Å². The van der Waals surface area contributed by atoms with Crippen molar-refractivity contribution < 1.29 is 17.9 Å². The summed E-state index contributed by atoms with van der Waals surface area (Å²) in [6.07, 6.45) is 2.47. The van der Waals surface area contributed by atoms with Crippen LogP contribution in [-0.2, 0) is 14.8 Å².